The van der Waals surface area contributed by atoms with Crippen LogP contribution in [-0.4, -0.2) is 41.9 Å². The number of rotatable bonds is 10. The molecule has 1 aromatic carbocycles. The summed E-state index contributed by atoms with van der Waals surface area (Å²) in [4.78, 5) is 39.6. The molecule has 0 saturated carbocycles. The number of thioether (sulfide) groups is 1. The van der Waals surface area contributed by atoms with Gasteiger partial charge in [0.1, 0.15) is 17.1 Å². The lowest BCUT2D eigenvalue weighted by Gasteiger charge is -2.21. The van der Waals surface area contributed by atoms with E-state index in [-0.39, 0.29) is 12.3 Å². The molecule has 2 amide bonds. The zero-order chi connectivity index (χ0) is 24.5. The SMILES string of the molecule is CC[C@H](OC(=O)[C@H](CCSC)NC(=O)c1ccccc1)C(=O)Nc1sc2c(c1C#N)CCCC2. The van der Waals surface area contributed by atoms with Gasteiger partial charge in [0.2, 0.25) is 0 Å². The van der Waals surface area contributed by atoms with Crippen LogP contribution < -0.4 is 10.6 Å². The molecule has 2 atom stereocenters. The Morgan fingerprint density at radius 3 is 2.62 bits per heavy atom. The summed E-state index contributed by atoms with van der Waals surface area (Å²) in [5.41, 5.74) is 1.99. The Morgan fingerprint density at radius 2 is 1.94 bits per heavy atom. The lowest BCUT2D eigenvalue weighted by Crippen LogP contribution is -2.45. The Labute approximate surface area is 208 Å². The molecular weight excluding hydrogens is 470 g/mol. The van der Waals surface area contributed by atoms with Gasteiger partial charge in [-0.05, 0) is 68.2 Å². The molecule has 0 bridgehead atoms. The number of thiophene rings is 1. The monoisotopic (exact) mass is 499 g/mol. The quantitative estimate of drug-likeness (QED) is 0.472. The Hall–Kier alpha value is -2.83. The fourth-order valence-corrected chi connectivity index (χ4v) is 5.54. The predicted molar refractivity (Wildman–Crippen MR) is 135 cm³/mol. The van der Waals surface area contributed by atoms with Crippen molar-refractivity contribution in [2.75, 3.05) is 17.3 Å². The number of fused-ring (bicyclic) bond motifs is 1. The fraction of sp³-hybridized carbons (Fsp3) is 0.440. The summed E-state index contributed by atoms with van der Waals surface area (Å²) in [6.07, 6.45) is 5.41. The van der Waals surface area contributed by atoms with Gasteiger partial charge in [-0.3, -0.25) is 9.59 Å². The highest BCUT2D eigenvalue weighted by molar-refractivity contribution is 7.98. The van der Waals surface area contributed by atoms with Crippen LogP contribution in [0.5, 0.6) is 0 Å². The maximum Gasteiger partial charge on any atom is 0.329 e. The van der Waals surface area contributed by atoms with E-state index in [0.29, 0.717) is 28.3 Å². The number of ether oxygens (including phenoxy) is 1. The van der Waals surface area contributed by atoms with Gasteiger partial charge >= 0.3 is 5.97 Å². The second-order valence-electron chi connectivity index (χ2n) is 8.02. The highest BCUT2D eigenvalue weighted by Crippen LogP contribution is 2.37. The molecule has 1 aliphatic rings. The van der Waals surface area contributed by atoms with Gasteiger partial charge in [0.25, 0.3) is 11.8 Å². The first-order chi connectivity index (χ1) is 16.5. The molecule has 0 saturated heterocycles. The molecule has 0 aliphatic heterocycles. The molecular formula is C25H29N3O4S2. The Balaban J connectivity index is 1.68. The van der Waals surface area contributed by atoms with Crippen LogP contribution in [-0.2, 0) is 27.2 Å². The minimum absolute atomic E-state index is 0.270. The number of carbonyl (C=O) groups excluding carboxylic acids is 3. The lowest BCUT2D eigenvalue weighted by molar-refractivity contribution is -0.156. The number of nitrogens with one attached hydrogen (secondary N) is 2. The summed E-state index contributed by atoms with van der Waals surface area (Å²) < 4.78 is 5.55. The molecule has 0 fully saturated rings. The number of hydrogen-bond donors (Lipinski definition) is 2. The van der Waals surface area contributed by atoms with Gasteiger partial charge in [-0.2, -0.15) is 17.0 Å². The third-order valence-electron chi connectivity index (χ3n) is 5.68. The lowest BCUT2D eigenvalue weighted by atomic mass is 9.96. The van der Waals surface area contributed by atoms with E-state index in [2.05, 4.69) is 16.7 Å². The number of hydrogen-bond acceptors (Lipinski definition) is 7. The average molecular weight is 500 g/mol. The van der Waals surface area contributed by atoms with E-state index in [0.717, 1.165) is 36.1 Å². The van der Waals surface area contributed by atoms with Crippen molar-refractivity contribution in [1.82, 2.24) is 5.32 Å². The number of nitrogens with zero attached hydrogens (tertiary/aromatic N) is 1. The van der Waals surface area contributed by atoms with Crippen LogP contribution in [0.2, 0.25) is 0 Å². The molecule has 1 heterocycles. The van der Waals surface area contributed by atoms with Crippen LogP contribution >= 0.6 is 23.1 Å². The van der Waals surface area contributed by atoms with E-state index >= 15 is 0 Å². The Morgan fingerprint density at radius 1 is 1.21 bits per heavy atom. The number of nitriles is 1. The van der Waals surface area contributed by atoms with E-state index in [4.69, 9.17) is 4.74 Å². The number of anilines is 1. The van der Waals surface area contributed by atoms with Crippen molar-refractivity contribution in [2.45, 2.75) is 57.6 Å². The van der Waals surface area contributed by atoms with Crippen molar-refractivity contribution >= 4 is 45.9 Å². The number of carbonyl (C=O) groups is 3. The second kappa shape index (κ2) is 12.6. The largest absolute Gasteiger partial charge is 0.451 e. The molecule has 0 spiro atoms. The van der Waals surface area contributed by atoms with Crippen LogP contribution in [0.1, 0.15) is 59.0 Å². The number of amides is 2. The average Bonchev–Trinajstić information content (AvgIpc) is 3.21. The van der Waals surface area contributed by atoms with E-state index < -0.39 is 24.0 Å². The summed E-state index contributed by atoms with van der Waals surface area (Å²) in [6, 6.07) is 10.00. The molecule has 180 valence electrons. The van der Waals surface area contributed by atoms with Crippen molar-refractivity contribution in [3.05, 3.63) is 51.9 Å². The van der Waals surface area contributed by atoms with E-state index in [9.17, 15) is 19.6 Å². The molecule has 2 N–H and O–H groups in total. The highest BCUT2D eigenvalue weighted by atomic mass is 32.2. The van der Waals surface area contributed by atoms with Crippen molar-refractivity contribution < 1.29 is 19.1 Å². The summed E-state index contributed by atoms with van der Waals surface area (Å²) in [5.74, 6) is -0.844. The van der Waals surface area contributed by atoms with Gasteiger partial charge in [0, 0.05) is 10.4 Å². The minimum Gasteiger partial charge on any atom is -0.451 e. The van der Waals surface area contributed by atoms with E-state index in [1.54, 1.807) is 43.0 Å². The smallest absolute Gasteiger partial charge is 0.329 e. The normalized spacial score (nSPS) is 14.3. The summed E-state index contributed by atoms with van der Waals surface area (Å²) >= 11 is 2.98. The summed E-state index contributed by atoms with van der Waals surface area (Å²) in [7, 11) is 0. The highest BCUT2D eigenvalue weighted by Gasteiger charge is 2.29. The van der Waals surface area contributed by atoms with E-state index in [1.165, 1.54) is 11.3 Å². The third kappa shape index (κ3) is 6.39. The molecule has 9 heteroatoms. The number of aryl methyl sites for hydroxylation is 1. The van der Waals surface area contributed by atoms with Crippen LogP contribution in [0.4, 0.5) is 5.00 Å². The predicted octanol–water partition coefficient (Wildman–Crippen LogP) is 4.31. The van der Waals surface area contributed by atoms with Gasteiger partial charge in [-0.15, -0.1) is 11.3 Å². The number of esters is 1. The molecule has 34 heavy (non-hydrogen) atoms. The Bertz CT molecular complexity index is 1060. The van der Waals surface area contributed by atoms with Crippen LogP contribution in [0.15, 0.2) is 30.3 Å². The zero-order valence-corrected chi connectivity index (χ0v) is 21.0. The fourth-order valence-electron chi connectivity index (χ4n) is 3.82. The van der Waals surface area contributed by atoms with Crippen LogP contribution in [0.25, 0.3) is 0 Å². The van der Waals surface area contributed by atoms with Crippen molar-refractivity contribution in [3.8, 4) is 6.07 Å². The van der Waals surface area contributed by atoms with Crippen molar-refractivity contribution in [2.24, 2.45) is 0 Å². The van der Waals surface area contributed by atoms with Gasteiger partial charge in [0.15, 0.2) is 6.10 Å². The van der Waals surface area contributed by atoms with Crippen molar-refractivity contribution in [3.63, 3.8) is 0 Å². The topological polar surface area (TPSA) is 108 Å². The third-order valence-corrected chi connectivity index (χ3v) is 7.53. The first-order valence-corrected chi connectivity index (χ1v) is 13.6. The zero-order valence-electron chi connectivity index (χ0n) is 19.4. The summed E-state index contributed by atoms with van der Waals surface area (Å²) in [6.45, 7) is 1.75. The standard InChI is InChI=1S/C25H29N3O4S2/c1-3-20(23(30)28-24-18(15-26)17-11-7-8-12-21(17)34-24)32-25(31)19(13-14-33-2)27-22(29)16-9-5-4-6-10-16/h4-6,9-10,19-20H,3,7-8,11-14H2,1-2H3,(H,27,29)(H,28,30)/t19-,20-/m0/s1. The van der Waals surface area contributed by atoms with Crippen LogP contribution in [0.3, 0.4) is 0 Å². The molecule has 2 aromatic rings. The molecule has 0 radical (unpaired) electrons. The first-order valence-electron chi connectivity index (χ1n) is 11.4. The molecule has 7 nitrogen and oxygen atoms in total. The van der Waals surface area contributed by atoms with Gasteiger partial charge in [-0.25, -0.2) is 4.79 Å². The molecule has 0 unspecified atom stereocenters. The van der Waals surface area contributed by atoms with Crippen LogP contribution in [0, 0.1) is 11.3 Å². The second-order valence-corrected chi connectivity index (χ2v) is 10.1. The van der Waals surface area contributed by atoms with Gasteiger partial charge in [0.05, 0.1) is 5.56 Å². The van der Waals surface area contributed by atoms with Crippen molar-refractivity contribution in [1.29, 1.82) is 5.26 Å². The molecule has 1 aromatic heterocycles. The first kappa shape index (κ1) is 25.8. The maximum atomic E-state index is 13.0. The summed E-state index contributed by atoms with van der Waals surface area (Å²) in [5, 5.41) is 15.7. The van der Waals surface area contributed by atoms with E-state index in [1.807, 2.05) is 12.3 Å². The minimum atomic E-state index is -1.02. The Kier molecular flexibility index (Phi) is 9.54. The maximum absolute atomic E-state index is 13.0. The number of benzene rings is 1. The van der Waals surface area contributed by atoms with Gasteiger partial charge < -0.3 is 15.4 Å². The molecule has 1 aliphatic carbocycles. The molecule has 3 rings (SSSR count). The van der Waals surface area contributed by atoms with Gasteiger partial charge in [-0.1, -0.05) is 25.1 Å².